The van der Waals surface area contributed by atoms with Gasteiger partial charge in [0.1, 0.15) is 0 Å². The van der Waals surface area contributed by atoms with E-state index in [-0.39, 0.29) is 11.3 Å². The lowest BCUT2D eigenvalue weighted by Gasteiger charge is -2.38. The van der Waals surface area contributed by atoms with Crippen molar-refractivity contribution in [2.45, 2.75) is 33.7 Å². The molecule has 0 aliphatic rings. The summed E-state index contributed by atoms with van der Waals surface area (Å²) in [6, 6.07) is 8.28. The van der Waals surface area contributed by atoms with Crippen LogP contribution in [0.25, 0.3) is 0 Å². The van der Waals surface area contributed by atoms with E-state index in [1.807, 2.05) is 12.1 Å². The Balaban J connectivity index is 3.08. The summed E-state index contributed by atoms with van der Waals surface area (Å²) in [5.74, 6) is 0.463. The number of benzene rings is 1. The first-order valence-corrected chi connectivity index (χ1v) is 7.17. The Labute approximate surface area is 123 Å². The normalized spacial score (nSPS) is 15.0. The number of hydrogen-bond donors (Lipinski definition) is 1. The van der Waals surface area contributed by atoms with Crippen LogP contribution in [0.15, 0.2) is 24.3 Å². The maximum Gasteiger partial charge on any atom is 0.251 e. The van der Waals surface area contributed by atoms with Crippen LogP contribution < -0.4 is 5.32 Å². The van der Waals surface area contributed by atoms with Crippen LogP contribution >= 0.6 is 0 Å². The molecule has 0 bridgehead atoms. The smallest absolute Gasteiger partial charge is 0.251 e. The molecule has 20 heavy (non-hydrogen) atoms. The summed E-state index contributed by atoms with van der Waals surface area (Å²) < 4.78 is 0. The van der Waals surface area contributed by atoms with E-state index in [0.29, 0.717) is 17.5 Å². The van der Waals surface area contributed by atoms with E-state index in [2.05, 4.69) is 64.1 Å². The lowest BCUT2D eigenvalue weighted by atomic mass is 9.75. The highest BCUT2D eigenvalue weighted by Crippen LogP contribution is 2.38. The van der Waals surface area contributed by atoms with Crippen LogP contribution in [0.4, 0.5) is 0 Å². The molecule has 0 unspecified atom stereocenters. The summed E-state index contributed by atoms with van der Waals surface area (Å²) in [7, 11) is 5.87. The maximum absolute atomic E-state index is 11.6. The zero-order chi connectivity index (χ0) is 15.5. The van der Waals surface area contributed by atoms with Gasteiger partial charge in [-0.15, -0.1) is 0 Å². The maximum atomic E-state index is 11.6. The third-order valence-electron chi connectivity index (χ3n) is 4.14. The number of carbonyl (C=O) groups is 1. The lowest BCUT2D eigenvalue weighted by molar-refractivity contribution is 0.0962. The van der Waals surface area contributed by atoms with Gasteiger partial charge in [0.25, 0.3) is 5.91 Å². The van der Waals surface area contributed by atoms with Crippen molar-refractivity contribution in [2.75, 3.05) is 21.1 Å². The van der Waals surface area contributed by atoms with Crippen molar-refractivity contribution < 1.29 is 4.79 Å². The highest BCUT2D eigenvalue weighted by Gasteiger charge is 2.30. The van der Waals surface area contributed by atoms with Gasteiger partial charge in [0.2, 0.25) is 0 Å². The first-order chi connectivity index (χ1) is 9.18. The van der Waals surface area contributed by atoms with Crippen molar-refractivity contribution >= 4 is 5.91 Å². The molecule has 0 saturated carbocycles. The van der Waals surface area contributed by atoms with E-state index < -0.39 is 0 Å². The van der Waals surface area contributed by atoms with Crippen molar-refractivity contribution in [3.8, 4) is 0 Å². The quantitative estimate of drug-likeness (QED) is 0.915. The third kappa shape index (κ3) is 3.83. The van der Waals surface area contributed by atoms with Crippen LogP contribution in [-0.4, -0.2) is 32.0 Å². The van der Waals surface area contributed by atoms with Gasteiger partial charge in [-0.1, -0.05) is 39.8 Å². The number of rotatable bonds is 4. The Morgan fingerprint density at radius 3 is 2.00 bits per heavy atom. The van der Waals surface area contributed by atoms with Crippen LogP contribution in [0.2, 0.25) is 0 Å². The highest BCUT2D eigenvalue weighted by atomic mass is 16.1. The van der Waals surface area contributed by atoms with Gasteiger partial charge in [-0.05, 0) is 43.1 Å². The molecule has 1 rings (SSSR count). The van der Waals surface area contributed by atoms with Gasteiger partial charge < -0.3 is 10.2 Å². The average Bonchev–Trinajstić information content (AvgIpc) is 2.37. The molecule has 0 heterocycles. The first-order valence-electron chi connectivity index (χ1n) is 7.17. The fourth-order valence-electron chi connectivity index (χ4n) is 2.48. The highest BCUT2D eigenvalue weighted by molar-refractivity contribution is 5.93. The molecule has 0 aliphatic heterocycles. The van der Waals surface area contributed by atoms with Gasteiger partial charge in [0.05, 0.1) is 0 Å². The Hall–Kier alpha value is -1.35. The Morgan fingerprint density at radius 1 is 1.15 bits per heavy atom. The molecule has 1 N–H and O–H groups in total. The minimum absolute atomic E-state index is 0.0400. The molecule has 1 amide bonds. The van der Waals surface area contributed by atoms with E-state index in [4.69, 9.17) is 0 Å². The zero-order valence-corrected chi connectivity index (χ0v) is 13.8. The second-order valence-electron chi connectivity index (χ2n) is 6.76. The number of hydrogen-bond acceptors (Lipinski definition) is 2. The molecule has 0 spiro atoms. The number of nitrogens with one attached hydrogen (secondary N) is 1. The van der Waals surface area contributed by atoms with Gasteiger partial charge in [0.15, 0.2) is 0 Å². The van der Waals surface area contributed by atoms with E-state index >= 15 is 0 Å². The molecule has 0 saturated heterocycles. The summed E-state index contributed by atoms with van der Waals surface area (Å²) in [6.07, 6.45) is 0. The van der Waals surface area contributed by atoms with Crippen molar-refractivity contribution in [1.29, 1.82) is 0 Å². The molecule has 3 heteroatoms. The van der Waals surface area contributed by atoms with Gasteiger partial charge in [-0.3, -0.25) is 4.79 Å². The summed E-state index contributed by atoms with van der Waals surface area (Å²) in [5, 5.41) is 2.65. The fraction of sp³-hybridized carbons (Fsp3) is 0.588. The van der Waals surface area contributed by atoms with Crippen LogP contribution in [0.3, 0.4) is 0 Å². The molecule has 0 radical (unpaired) electrons. The van der Waals surface area contributed by atoms with Crippen LogP contribution in [0.5, 0.6) is 0 Å². The average molecular weight is 276 g/mol. The molecule has 1 aromatic carbocycles. The van der Waals surface area contributed by atoms with Gasteiger partial charge in [-0.2, -0.15) is 0 Å². The van der Waals surface area contributed by atoms with Crippen molar-refractivity contribution in [3.05, 3.63) is 35.4 Å². The van der Waals surface area contributed by atoms with E-state index in [9.17, 15) is 4.79 Å². The summed E-state index contributed by atoms with van der Waals surface area (Å²) in [5.41, 5.74) is 2.19. The second kappa shape index (κ2) is 6.40. The molecule has 0 fully saturated rings. The van der Waals surface area contributed by atoms with Crippen molar-refractivity contribution in [3.63, 3.8) is 0 Å². The number of nitrogens with zero attached hydrogens (tertiary/aromatic N) is 1. The van der Waals surface area contributed by atoms with Crippen molar-refractivity contribution in [2.24, 2.45) is 11.3 Å². The molecule has 0 aromatic heterocycles. The topological polar surface area (TPSA) is 32.3 Å². The summed E-state index contributed by atoms with van der Waals surface area (Å²) in [4.78, 5) is 13.9. The van der Waals surface area contributed by atoms with Crippen LogP contribution in [0.1, 0.15) is 49.7 Å². The molecular formula is C17H28N2O. The SMILES string of the molecule is CNC(=O)c1ccc([C@@H]([C@H](C)C(C)(C)C)N(C)C)cc1. The van der Waals surface area contributed by atoms with E-state index in [1.165, 1.54) is 5.56 Å². The number of carbonyl (C=O) groups excluding carboxylic acids is 1. The van der Waals surface area contributed by atoms with Gasteiger partial charge in [0, 0.05) is 18.7 Å². The minimum Gasteiger partial charge on any atom is -0.355 e. The van der Waals surface area contributed by atoms with Crippen molar-refractivity contribution in [1.82, 2.24) is 10.2 Å². The van der Waals surface area contributed by atoms with E-state index in [0.717, 1.165) is 0 Å². The standard InChI is InChI=1S/C17H28N2O/c1-12(17(2,3)4)15(19(6)7)13-8-10-14(11-9-13)16(20)18-5/h8-12,15H,1-7H3,(H,18,20)/t12-,15+/m0/s1. The molecule has 3 nitrogen and oxygen atoms in total. The van der Waals surface area contributed by atoms with E-state index in [1.54, 1.807) is 7.05 Å². The summed E-state index contributed by atoms with van der Waals surface area (Å²) in [6.45, 7) is 9.10. The Morgan fingerprint density at radius 2 is 1.65 bits per heavy atom. The predicted molar refractivity (Wildman–Crippen MR) is 84.9 cm³/mol. The molecule has 0 aliphatic carbocycles. The van der Waals surface area contributed by atoms with Crippen LogP contribution in [-0.2, 0) is 0 Å². The zero-order valence-electron chi connectivity index (χ0n) is 13.8. The van der Waals surface area contributed by atoms with Crippen LogP contribution in [0, 0.1) is 11.3 Å². The Kier molecular flexibility index (Phi) is 5.35. The molecule has 2 atom stereocenters. The first kappa shape index (κ1) is 16.7. The lowest BCUT2D eigenvalue weighted by Crippen LogP contribution is -2.33. The Bertz CT molecular complexity index is 443. The molecule has 1 aromatic rings. The molecule has 112 valence electrons. The monoisotopic (exact) mass is 276 g/mol. The third-order valence-corrected chi connectivity index (χ3v) is 4.14. The molecular weight excluding hydrogens is 248 g/mol. The fourth-order valence-corrected chi connectivity index (χ4v) is 2.48. The second-order valence-corrected chi connectivity index (χ2v) is 6.76. The minimum atomic E-state index is -0.0400. The van der Waals surface area contributed by atoms with Gasteiger partial charge in [-0.25, -0.2) is 0 Å². The van der Waals surface area contributed by atoms with Gasteiger partial charge >= 0.3 is 0 Å². The predicted octanol–water partition coefficient (Wildman–Crippen LogP) is 3.33. The largest absolute Gasteiger partial charge is 0.355 e. The number of amides is 1. The summed E-state index contributed by atoms with van der Waals surface area (Å²) >= 11 is 0.